The molecule has 2 heterocycles. The zero-order valence-corrected chi connectivity index (χ0v) is 14.9. The van der Waals surface area contributed by atoms with Crippen molar-refractivity contribution in [2.45, 2.75) is 25.4 Å². The second kappa shape index (κ2) is 7.23. The van der Waals surface area contributed by atoms with Crippen molar-refractivity contribution in [3.63, 3.8) is 0 Å². The molecule has 0 saturated carbocycles. The Balaban J connectivity index is 1.56. The Bertz CT molecular complexity index is 881. The zero-order valence-electron chi connectivity index (χ0n) is 14.9. The number of anilines is 1. The third-order valence-electron chi connectivity index (χ3n) is 5.12. The van der Waals surface area contributed by atoms with E-state index in [2.05, 4.69) is 5.32 Å². The Morgan fingerprint density at radius 2 is 1.78 bits per heavy atom. The molecule has 1 atom stereocenters. The molecule has 0 spiro atoms. The molecular formula is C21H21N3O3. The monoisotopic (exact) mass is 363 g/mol. The highest BCUT2D eigenvalue weighted by Crippen LogP contribution is 2.32. The summed E-state index contributed by atoms with van der Waals surface area (Å²) in [5, 5.41) is 2.86. The van der Waals surface area contributed by atoms with Crippen LogP contribution >= 0.6 is 0 Å². The van der Waals surface area contributed by atoms with Crippen molar-refractivity contribution in [2.24, 2.45) is 0 Å². The number of carbonyl (C=O) groups excluding carboxylic acids is 3. The molecule has 1 fully saturated rings. The van der Waals surface area contributed by atoms with Crippen LogP contribution in [0.5, 0.6) is 0 Å². The van der Waals surface area contributed by atoms with Gasteiger partial charge in [0.1, 0.15) is 12.6 Å². The molecule has 3 amide bonds. The first-order valence-electron chi connectivity index (χ1n) is 9.17. The van der Waals surface area contributed by atoms with Crippen molar-refractivity contribution in [1.82, 2.24) is 10.2 Å². The number of hydrogen-bond donors (Lipinski definition) is 1. The number of nitrogens with one attached hydrogen (secondary N) is 1. The van der Waals surface area contributed by atoms with Crippen LogP contribution < -0.4 is 10.2 Å². The third-order valence-corrected chi connectivity index (χ3v) is 5.12. The van der Waals surface area contributed by atoms with Gasteiger partial charge in [0.2, 0.25) is 11.8 Å². The summed E-state index contributed by atoms with van der Waals surface area (Å²) in [7, 11) is 0. The van der Waals surface area contributed by atoms with E-state index in [0.717, 1.165) is 12.0 Å². The van der Waals surface area contributed by atoms with Crippen LogP contribution in [0.4, 0.5) is 5.69 Å². The van der Waals surface area contributed by atoms with Crippen LogP contribution in [0.1, 0.15) is 28.8 Å². The highest BCUT2D eigenvalue weighted by atomic mass is 16.2. The lowest BCUT2D eigenvalue weighted by molar-refractivity contribution is -0.125. The molecule has 6 heteroatoms. The molecule has 2 aromatic rings. The minimum atomic E-state index is -0.480. The lowest BCUT2D eigenvalue weighted by Crippen LogP contribution is -2.48. The maximum atomic E-state index is 13.1. The van der Waals surface area contributed by atoms with E-state index in [1.807, 2.05) is 30.3 Å². The minimum absolute atomic E-state index is 0.0969. The molecule has 1 saturated heterocycles. The molecule has 2 aliphatic rings. The van der Waals surface area contributed by atoms with Gasteiger partial charge in [-0.3, -0.25) is 14.4 Å². The quantitative estimate of drug-likeness (QED) is 0.903. The third kappa shape index (κ3) is 3.30. The van der Waals surface area contributed by atoms with Crippen molar-refractivity contribution in [3.8, 4) is 0 Å². The Hall–Kier alpha value is -3.15. The molecule has 0 aromatic heterocycles. The zero-order chi connectivity index (χ0) is 18.8. The summed E-state index contributed by atoms with van der Waals surface area (Å²) in [6.07, 6.45) is 1.44. The summed E-state index contributed by atoms with van der Waals surface area (Å²) in [6.45, 7) is 0.885. The van der Waals surface area contributed by atoms with Gasteiger partial charge in [-0.05, 0) is 30.5 Å². The van der Waals surface area contributed by atoms with Crippen LogP contribution in [0.2, 0.25) is 0 Å². The smallest absolute Gasteiger partial charge is 0.256 e. The molecule has 0 unspecified atom stereocenters. The first-order chi connectivity index (χ1) is 13.1. The highest BCUT2D eigenvalue weighted by Gasteiger charge is 2.42. The highest BCUT2D eigenvalue weighted by molar-refractivity contribution is 6.12. The molecule has 1 N–H and O–H groups in total. The fraction of sp³-hybridized carbons (Fsp3) is 0.286. The Kier molecular flexibility index (Phi) is 4.62. The summed E-state index contributed by atoms with van der Waals surface area (Å²) in [5.74, 6) is -0.560. The van der Waals surface area contributed by atoms with Crippen molar-refractivity contribution < 1.29 is 14.4 Å². The van der Waals surface area contributed by atoms with Gasteiger partial charge in [0.05, 0.1) is 11.3 Å². The number of amides is 3. The lowest BCUT2D eigenvalue weighted by Gasteiger charge is -2.25. The second-order valence-electron chi connectivity index (χ2n) is 6.86. The fourth-order valence-electron chi connectivity index (χ4n) is 3.77. The molecule has 4 rings (SSSR count). The summed E-state index contributed by atoms with van der Waals surface area (Å²) < 4.78 is 0. The van der Waals surface area contributed by atoms with Crippen LogP contribution in [0.15, 0.2) is 54.6 Å². The number of rotatable bonds is 4. The SMILES string of the molecule is O=C(CN1C(=O)[C@H]2CCCN2C(=O)c2ccccc21)NCc1ccccc1. The molecule has 6 nitrogen and oxygen atoms in total. The molecule has 2 aromatic carbocycles. The van der Waals surface area contributed by atoms with Gasteiger partial charge >= 0.3 is 0 Å². The maximum absolute atomic E-state index is 13.1. The summed E-state index contributed by atoms with van der Waals surface area (Å²) in [6, 6.07) is 16.2. The van der Waals surface area contributed by atoms with E-state index in [4.69, 9.17) is 0 Å². The van der Waals surface area contributed by atoms with E-state index in [1.165, 1.54) is 4.90 Å². The van der Waals surface area contributed by atoms with E-state index < -0.39 is 6.04 Å². The van der Waals surface area contributed by atoms with Crippen molar-refractivity contribution in [2.75, 3.05) is 18.0 Å². The summed E-state index contributed by atoms with van der Waals surface area (Å²) in [5.41, 5.74) is 1.98. The Labute approximate surface area is 157 Å². The molecule has 27 heavy (non-hydrogen) atoms. The van der Waals surface area contributed by atoms with Gasteiger partial charge in [-0.1, -0.05) is 42.5 Å². The van der Waals surface area contributed by atoms with E-state index in [1.54, 1.807) is 29.2 Å². The summed E-state index contributed by atoms with van der Waals surface area (Å²) in [4.78, 5) is 41.6. The number of hydrogen-bond acceptors (Lipinski definition) is 3. The number of fused-ring (bicyclic) bond motifs is 2. The van der Waals surface area contributed by atoms with Crippen LogP contribution in [-0.4, -0.2) is 41.8 Å². The minimum Gasteiger partial charge on any atom is -0.350 e. The number of benzene rings is 2. The van der Waals surface area contributed by atoms with Crippen LogP contribution in [0.25, 0.3) is 0 Å². The van der Waals surface area contributed by atoms with E-state index in [9.17, 15) is 14.4 Å². The van der Waals surface area contributed by atoms with Gasteiger partial charge in [-0.25, -0.2) is 0 Å². The number of para-hydroxylation sites is 1. The maximum Gasteiger partial charge on any atom is 0.256 e. The molecule has 138 valence electrons. The predicted octanol–water partition coefficient (Wildman–Crippen LogP) is 1.95. The van der Waals surface area contributed by atoms with E-state index in [-0.39, 0.29) is 24.3 Å². The van der Waals surface area contributed by atoms with E-state index >= 15 is 0 Å². The van der Waals surface area contributed by atoms with Gasteiger partial charge < -0.3 is 15.1 Å². The Morgan fingerprint density at radius 1 is 1.04 bits per heavy atom. The van der Waals surface area contributed by atoms with Crippen molar-refractivity contribution in [3.05, 3.63) is 65.7 Å². The average molecular weight is 363 g/mol. The largest absolute Gasteiger partial charge is 0.350 e. The molecule has 0 radical (unpaired) electrons. The van der Waals surface area contributed by atoms with Crippen molar-refractivity contribution >= 4 is 23.4 Å². The topological polar surface area (TPSA) is 69.7 Å². The van der Waals surface area contributed by atoms with Gasteiger partial charge in [-0.2, -0.15) is 0 Å². The van der Waals surface area contributed by atoms with Gasteiger partial charge in [0, 0.05) is 13.1 Å². The lowest BCUT2D eigenvalue weighted by atomic mass is 10.1. The standard InChI is InChI=1S/C21H21N3O3/c25-19(22-13-15-7-2-1-3-8-15)14-24-17-10-5-4-9-16(17)20(26)23-12-6-11-18(23)21(24)27/h1-5,7-10,18H,6,11-14H2,(H,22,25)/t18-/m1/s1. The molecule has 2 aliphatic heterocycles. The van der Waals surface area contributed by atoms with Gasteiger partial charge in [0.15, 0.2) is 0 Å². The predicted molar refractivity (Wildman–Crippen MR) is 101 cm³/mol. The van der Waals surface area contributed by atoms with Crippen LogP contribution in [0.3, 0.4) is 0 Å². The molecular weight excluding hydrogens is 342 g/mol. The molecule has 0 aliphatic carbocycles. The van der Waals surface area contributed by atoms with Gasteiger partial charge in [0.25, 0.3) is 5.91 Å². The van der Waals surface area contributed by atoms with Crippen LogP contribution in [0, 0.1) is 0 Å². The van der Waals surface area contributed by atoms with Crippen molar-refractivity contribution in [1.29, 1.82) is 0 Å². The first kappa shape index (κ1) is 17.3. The van der Waals surface area contributed by atoms with E-state index in [0.29, 0.717) is 30.8 Å². The average Bonchev–Trinajstić information content (AvgIpc) is 3.17. The number of carbonyl (C=O) groups is 3. The van der Waals surface area contributed by atoms with Crippen LogP contribution in [-0.2, 0) is 16.1 Å². The molecule has 0 bridgehead atoms. The van der Waals surface area contributed by atoms with Gasteiger partial charge in [-0.15, -0.1) is 0 Å². The Morgan fingerprint density at radius 3 is 2.59 bits per heavy atom. The normalized spacial score (nSPS) is 18.7. The number of nitrogens with zero attached hydrogens (tertiary/aromatic N) is 2. The second-order valence-corrected chi connectivity index (χ2v) is 6.86. The fourth-order valence-corrected chi connectivity index (χ4v) is 3.77. The first-order valence-corrected chi connectivity index (χ1v) is 9.17. The summed E-state index contributed by atoms with van der Waals surface area (Å²) >= 11 is 0.